The number of halogens is 1. The topological polar surface area (TPSA) is 86.9 Å². The van der Waals surface area contributed by atoms with Gasteiger partial charge in [0.1, 0.15) is 6.04 Å². The second-order valence-electron chi connectivity index (χ2n) is 6.73. The van der Waals surface area contributed by atoms with E-state index < -0.39 is 0 Å². The molecule has 2 heterocycles. The number of benzene rings is 1. The van der Waals surface area contributed by atoms with E-state index in [2.05, 4.69) is 15.9 Å². The molecule has 0 bridgehead atoms. The van der Waals surface area contributed by atoms with Crippen LogP contribution in [0.15, 0.2) is 28.8 Å². The van der Waals surface area contributed by atoms with Gasteiger partial charge in [0.2, 0.25) is 17.6 Å². The summed E-state index contributed by atoms with van der Waals surface area (Å²) in [5, 5.41) is 4.76. The Morgan fingerprint density at radius 3 is 2.81 bits per heavy atom. The average molecular weight is 378 g/mol. The number of hydrogen-bond donors (Lipinski definition) is 1. The molecule has 0 spiro atoms. The molecule has 1 aromatic heterocycles. The maximum atomic E-state index is 12.7. The third-order valence-electron chi connectivity index (χ3n) is 4.79. The van der Waals surface area contributed by atoms with Crippen LogP contribution >= 0.6 is 11.6 Å². The maximum Gasteiger partial charge on any atom is 0.249 e. The van der Waals surface area contributed by atoms with Crippen molar-refractivity contribution in [1.29, 1.82) is 0 Å². The van der Waals surface area contributed by atoms with Gasteiger partial charge >= 0.3 is 0 Å². The van der Waals surface area contributed by atoms with Crippen LogP contribution in [0, 0.1) is 0 Å². The van der Waals surface area contributed by atoms with E-state index in [9.17, 15) is 4.79 Å². The van der Waals surface area contributed by atoms with Gasteiger partial charge in [0.15, 0.2) is 0 Å². The lowest BCUT2D eigenvalue weighted by Crippen LogP contribution is -2.50. The molecule has 0 radical (unpaired) electrons. The minimum atomic E-state index is -0.113. The number of amides is 1. The van der Waals surface area contributed by atoms with Gasteiger partial charge < -0.3 is 15.2 Å². The van der Waals surface area contributed by atoms with Crippen molar-refractivity contribution < 1.29 is 15.1 Å². The molecule has 0 aliphatic carbocycles. The van der Waals surface area contributed by atoms with E-state index in [0.717, 1.165) is 57.2 Å². The fourth-order valence-corrected chi connectivity index (χ4v) is 3.47. The number of quaternary nitrogens is 1. The van der Waals surface area contributed by atoms with Crippen molar-refractivity contribution in [3.8, 4) is 11.4 Å². The number of unbranched alkanes of at least 4 members (excludes halogenated alkanes) is 2. The first-order valence-electron chi connectivity index (χ1n) is 9.37. The number of nitrogens with zero attached hydrogens (tertiary/aromatic N) is 3. The molecular formula is C19H26ClN4O2+. The smallest absolute Gasteiger partial charge is 0.249 e. The summed E-state index contributed by atoms with van der Waals surface area (Å²) in [6, 6.07) is 7.22. The summed E-state index contributed by atoms with van der Waals surface area (Å²) in [5.74, 6) is 1.25. The molecule has 6 nitrogen and oxygen atoms in total. The van der Waals surface area contributed by atoms with E-state index in [1.165, 1.54) is 0 Å². The molecule has 0 unspecified atom stereocenters. The number of rotatable bonds is 7. The Labute approximate surface area is 158 Å². The van der Waals surface area contributed by atoms with Crippen molar-refractivity contribution in [2.45, 2.75) is 51.0 Å². The first-order valence-corrected chi connectivity index (χ1v) is 9.75. The zero-order chi connectivity index (χ0) is 18.4. The van der Waals surface area contributed by atoms with Crippen molar-refractivity contribution in [3.05, 3.63) is 35.2 Å². The Kier molecular flexibility index (Phi) is 6.63. The van der Waals surface area contributed by atoms with Gasteiger partial charge in [0.25, 0.3) is 0 Å². The van der Waals surface area contributed by atoms with E-state index in [1.807, 2.05) is 17.0 Å². The summed E-state index contributed by atoms with van der Waals surface area (Å²) >= 11 is 5.93. The highest BCUT2D eigenvalue weighted by Crippen LogP contribution is 2.32. The Morgan fingerprint density at radius 2 is 2.04 bits per heavy atom. The molecule has 1 fully saturated rings. The first kappa shape index (κ1) is 18.9. The fraction of sp³-hybridized carbons (Fsp3) is 0.526. The van der Waals surface area contributed by atoms with Gasteiger partial charge in [-0.3, -0.25) is 4.79 Å². The molecule has 140 valence electrons. The van der Waals surface area contributed by atoms with Crippen LogP contribution < -0.4 is 5.73 Å². The van der Waals surface area contributed by atoms with Crippen LogP contribution in [-0.2, 0) is 4.79 Å². The van der Waals surface area contributed by atoms with E-state index in [4.69, 9.17) is 16.1 Å². The van der Waals surface area contributed by atoms with Gasteiger partial charge in [-0.15, -0.1) is 0 Å². The summed E-state index contributed by atoms with van der Waals surface area (Å²) in [6.45, 7) is 1.69. The Hall–Kier alpha value is -1.92. The molecule has 1 aromatic carbocycles. The van der Waals surface area contributed by atoms with Crippen molar-refractivity contribution in [2.24, 2.45) is 0 Å². The fourth-order valence-electron chi connectivity index (χ4n) is 3.35. The molecule has 2 aromatic rings. The summed E-state index contributed by atoms with van der Waals surface area (Å²) in [4.78, 5) is 19.1. The van der Waals surface area contributed by atoms with E-state index >= 15 is 0 Å². The lowest BCUT2D eigenvalue weighted by atomic mass is 10.0. The third kappa shape index (κ3) is 4.62. The van der Waals surface area contributed by atoms with Gasteiger partial charge in [-0.2, -0.15) is 4.98 Å². The predicted octanol–water partition coefficient (Wildman–Crippen LogP) is 3.25. The minimum absolute atomic E-state index is 0.113. The molecule has 3 N–H and O–H groups in total. The Bertz CT molecular complexity index is 717. The lowest BCUT2D eigenvalue weighted by Gasteiger charge is -2.33. The van der Waals surface area contributed by atoms with E-state index in [-0.39, 0.29) is 11.9 Å². The molecule has 1 saturated heterocycles. The van der Waals surface area contributed by atoms with Crippen LogP contribution in [-0.4, -0.2) is 34.0 Å². The molecule has 7 heteroatoms. The zero-order valence-corrected chi connectivity index (χ0v) is 15.7. The molecule has 1 amide bonds. The van der Waals surface area contributed by atoms with Gasteiger partial charge in [-0.1, -0.05) is 16.8 Å². The van der Waals surface area contributed by atoms with Gasteiger partial charge in [0.05, 0.1) is 6.54 Å². The van der Waals surface area contributed by atoms with Gasteiger partial charge in [0, 0.05) is 23.6 Å². The summed E-state index contributed by atoms with van der Waals surface area (Å²) in [7, 11) is 0. The first-order chi connectivity index (χ1) is 12.7. The maximum absolute atomic E-state index is 12.7. The third-order valence-corrected chi connectivity index (χ3v) is 5.04. The van der Waals surface area contributed by atoms with E-state index in [1.54, 1.807) is 12.1 Å². The predicted molar refractivity (Wildman–Crippen MR) is 99.3 cm³/mol. The molecule has 1 aliphatic rings. The SMILES string of the molecule is [NH3+]CCCCCC(=O)N1CCCC[C@@H]1c1nc(-c2ccc(Cl)cc2)no1. The monoisotopic (exact) mass is 377 g/mol. The molecule has 3 rings (SSSR count). The highest BCUT2D eigenvalue weighted by molar-refractivity contribution is 6.30. The van der Waals surface area contributed by atoms with E-state index in [0.29, 0.717) is 23.2 Å². The van der Waals surface area contributed by atoms with Crippen LogP contribution in [0.2, 0.25) is 5.02 Å². The van der Waals surface area contributed by atoms with Gasteiger partial charge in [-0.25, -0.2) is 0 Å². The van der Waals surface area contributed by atoms with Crippen LogP contribution in [0.1, 0.15) is 56.9 Å². The Balaban J connectivity index is 1.69. The normalized spacial score (nSPS) is 17.5. The second-order valence-corrected chi connectivity index (χ2v) is 7.16. The summed E-state index contributed by atoms with van der Waals surface area (Å²) in [5.41, 5.74) is 4.70. The van der Waals surface area contributed by atoms with Gasteiger partial charge in [-0.05, 0) is 62.8 Å². The summed E-state index contributed by atoms with van der Waals surface area (Å²) in [6.07, 6.45) is 6.58. The number of piperidine rings is 1. The van der Waals surface area contributed by atoms with Crippen molar-refractivity contribution >= 4 is 17.5 Å². The number of likely N-dealkylation sites (tertiary alicyclic amines) is 1. The molecule has 26 heavy (non-hydrogen) atoms. The minimum Gasteiger partial charge on any atom is -0.358 e. The quantitative estimate of drug-likeness (QED) is 0.750. The Morgan fingerprint density at radius 1 is 1.23 bits per heavy atom. The molecular weight excluding hydrogens is 352 g/mol. The highest BCUT2D eigenvalue weighted by atomic mass is 35.5. The van der Waals surface area contributed by atoms with Crippen LogP contribution in [0.25, 0.3) is 11.4 Å². The second kappa shape index (κ2) is 9.14. The number of carbonyl (C=O) groups is 1. The molecule has 1 aliphatic heterocycles. The lowest BCUT2D eigenvalue weighted by molar-refractivity contribution is -0.368. The summed E-state index contributed by atoms with van der Waals surface area (Å²) < 4.78 is 5.52. The van der Waals surface area contributed by atoms with Crippen molar-refractivity contribution in [2.75, 3.05) is 13.1 Å². The molecule has 0 saturated carbocycles. The standard InChI is InChI=1S/C19H25ClN4O2/c20-15-10-8-14(9-11-15)18-22-19(26-23-18)16-6-3-5-13-24(16)17(25)7-2-1-4-12-21/h8-11,16H,1-7,12-13,21H2/p+1/t16-/m1/s1. The van der Waals surface area contributed by atoms with Crippen molar-refractivity contribution in [3.63, 3.8) is 0 Å². The highest BCUT2D eigenvalue weighted by Gasteiger charge is 2.31. The number of aromatic nitrogens is 2. The van der Waals surface area contributed by atoms with Crippen molar-refractivity contribution in [1.82, 2.24) is 15.0 Å². The zero-order valence-electron chi connectivity index (χ0n) is 15.0. The van der Waals surface area contributed by atoms with Crippen LogP contribution in [0.4, 0.5) is 0 Å². The number of carbonyl (C=O) groups excluding carboxylic acids is 1. The largest absolute Gasteiger partial charge is 0.358 e. The number of hydrogen-bond acceptors (Lipinski definition) is 4. The van der Waals surface area contributed by atoms with Crippen LogP contribution in [0.3, 0.4) is 0 Å². The van der Waals surface area contributed by atoms with Crippen LogP contribution in [0.5, 0.6) is 0 Å². The molecule has 1 atom stereocenters. The average Bonchev–Trinajstić information content (AvgIpc) is 3.16.